The largest absolute Gasteiger partial charge is 0.494 e. The number of fused-ring (bicyclic) bond motifs is 1. The van der Waals surface area contributed by atoms with E-state index in [0.717, 1.165) is 18.4 Å². The summed E-state index contributed by atoms with van der Waals surface area (Å²) in [5.74, 6) is 0.844. The number of hydrogen-bond donors (Lipinski definition) is 0. The van der Waals surface area contributed by atoms with Crippen LogP contribution in [0, 0.1) is 11.7 Å². The van der Waals surface area contributed by atoms with E-state index in [4.69, 9.17) is 4.74 Å². The fourth-order valence-corrected chi connectivity index (χ4v) is 2.10. The van der Waals surface area contributed by atoms with Crippen LogP contribution >= 0.6 is 0 Å². The third kappa shape index (κ3) is 1.61. The first-order chi connectivity index (χ1) is 6.70. The molecular formula is C12H15FO. The molecule has 14 heavy (non-hydrogen) atoms. The van der Waals surface area contributed by atoms with Crippen molar-refractivity contribution >= 4 is 0 Å². The maximum atomic E-state index is 13.4. The maximum Gasteiger partial charge on any atom is 0.165 e. The molecule has 0 spiro atoms. The second-order valence-corrected chi connectivity index (χ2v) is 4.10. The highest BCUT2D eigenvalue weighted by Gasteiger charge is 2.17. The van der Waals surface area contributed by atoms with E-state index >= 15 is 0 Å². The van der Waals surface area contributed by atoms with E-state index in [1.54, 1.807) is 6.07 Å². The lowest BCUT2D eigenvalue weighted by molar-refractivity contribution is 0.383. The van der Waals surface area contributed by atoms with Crippen molar-refractivity contribution in [1.82, 2.24) is 0 Å². The molecule has 1 aliphatic carbocycles. The van der Waals surface area contributed by atoms with Crippen molar-refractivity contribution in [1.29, 1.82) is 0 Å². The Morgan fingerprint density at radius 2 is 2.14 bits per heavy atom. The summed E-state index contributed by atoms with van der Waals surface area (Å²) in [6, 6.07) is 3.47. The van der Waals surface area contributed by atoms with Crippen LogP contribution in [-0.4, -0.2) is 7.11 Å². The van der Waals surface area contributed by atoms with Crippen molar-refractivity contribution in [2.24, 2.45) is 5.92 Å². The summed E-state index contributed by atoms with van der Waals surface area (Å²) >= 11 is 0. The molecule has 0 saturated heterocycles. The minimum absolute atomic E-state index is 0.235. The molecule has 2 heteroatoms. The van der Waals surface area contributed by atoms with Gasteiger partial charge in [-0.05, 0) is 48.4 Å². The van der Waals surface area contributed by atoms with Crippen LogP contribution in [0.2, 0.25) is 0 Å². The van der Waals surface area contributed by atoms with Crippen molar-refractivity contribution in [2.75, 3.05) is 7.11 Å². The minimum Gasteiger partial charge on any atom is -0.494 e. The number of rotatable bonds is 1. The van der Waals surface area contributed by atoms with Gasteiger partial charge < -0.3 is 4.74 Å². The first-order valence-electron chi connectivity index (χ1n) is 5.06. The third-order valence-electron chi connectivity index (χ3n) is 2.95. The fraction of sp³-hybridized carbons (Fsp3) is 0.500. The van der Waals surface area contributed by atoms with Gasteiger partial charge in [0, 0.05) is 0 Å². The van der Waals surface area contributed by atoms with Crippen LogP contribution in [0.1, 0.15) is 24.5 Å². The predicted molar refractivity (Wildman–Crippen MR) is 54.1 cm³/mol. The molecule has 0 aromatic heterocycles. The lowest BCUT2D eigenvalue weighted by Gasteiger charge is -2.22. The van der Waals surface area contributed by atoms with Crippen molar-refractivity contribution in [3.63, 3.8) is 0 Å². The Balaban J connectivity index is 2.41. The van der Waals surface area contributed by atoms with Crippen LogP contribution in [0.4, 0.5) is 4.39 Å². The minimum atomic E-state index is -0.235. The normalized spacial score (nSPS) is 20.4. The number of benzene rings is 1. The molecule has 0 heterocycles. The SMILES string of the molecule is COc1cc2c(cc1F)CC[C@H](C)C2. The van der Waals surface area contributed by atoms with Gasteiger partial charge in [0.05, 0.1) is 7.11 Å². The van der Waals surface area contributed by atoms with Gasteiger partial charge in [-0.15, -0.1) is 0 Å². The van der Waals surface area contributed by atoms with Gasteiger partial charge in [0.2, 0.25) is 0 Å². The lowest BCUT2D eigenvalue weighted by atomic mass is 9.85. The zero-order valence-corrected chi connectivity index (χ0v) is 8.64. The molecule has 0 aliphatic heterocycles. The highest BCUT2D eigenvalue weighted by molar-refractivity contribution is 5.38. The van der Waals surface area contributed by atoms with E-state index in [1.165, 1.54) is 19.1 Å². The Hall–Kier alpha value is -1.05. The van der Waals surface area contributed by atoms with E-state index in [0.29, 0.717) is 11.7 Å². The molecule has 0 radical (unpaired) electrons. The number of aryl methyl sites for hydroxylation is 1. The molecule has 1 atom stereocenters. The fourth-order valence-electron chi connectivity index (χ4n) is 2.10. The lowest BCUT2D eigenvalue weighted by Crippen LogP contribution is -2.11. The highest BCUT2D eigenvalue weighted by Crippen LogP contribution is 2.30. The quantitative estimate of drug-likeness (QED) is 0.667. The Morgan fingerprint density at radius 3 is 2.86 bits per heavy atom. The smallest absolute Gasteiger partial charge is 0.165 e. The molecule has 76 valence electrons. The van der Waals surface area contributed by atoms with Crippen molar-refractivity contribution in [3.05, 3.63) is 29.1 Å². The van der Waals surface area contributed by atoms with E-state index in [1.807, 2.05) is 6.07 Å². The zero-order chi connectivity index (χ0) is 10.1. The van der Waals surface area contributed by atoms with Crippen molar-refractivity contribution in [2.45, 2.75) is 26.2 Å². The van der Waals surface area contributed by atoms with Crippen LogP contribution in [0.15, 0.2) is 12.1 Å². The molecule has 0 N–H and O–H groups in total. The van der Waals surface area contributed by atoms with E-state index in [9.17, 15) is 4.39 Å². The highest BCUT2D eigenvalue weighted by atomic mass is 19.1. The Kier molecular flexibility index (Phi) is 2.44. The monoisotopic (exact) mass is 194 g/mol. The van der Waals surface area contributed by atoms with Gasteiger partial charge in [0.25, 0.3) is 0 Å². The number of halogens is 1. The standard InChI is InChI=1S/C12H15FO/c1-8-3-4-9-6-11(13)12(14-2)7-10(9)5-8/h6-8H,3-5H2,1-2H3/t8-/m0/s1. The van der Waals surface area contributed by atoms with Crippen LogP contribution in [0.5, 0.6) is 5.75 Å². The summed E-state index contributed by atoms with van der Waals surface area (Å²) in [7, 11) is 1.51. The average molecular weight is 194 g/mol. The van der Waals surface area contributed by atoms with Gasteiger partial charge in [-0.3, -0.25) is 0 Å². The summed E-state index contributed by atoms with van der Waals surface area (Å²) in [6.07, 6.45) is 3.21. The summed E-state index contributed by atoms with van der Waals surface area (Å²) in [4.78, 5) is 0. The van der Waals surface area contributed by atoms with Gasteiger partial charge in [0.1, 0.15) is 0 Å². The summed E-state index contributed by atoms with van der Waals surface area (Å²) in [6.45, 7) is 2.23. The van der Waals surface area contributed by atoms with Gasteiger partial charge in [0.15, 0.2) is 11.6 Å². The van der Waals surface area contributed by atoms with Crippen LogP contribution in [0.3, 0.4) is 0 Å². The molecule has 0 unspecified atom stereocenters. The Bertz CT molecular complexity index is 346. The molecule has 0 bridgehead atoms. The first kappa shape index (κ1) is 9.50. The number of hydrogen-bond acceptors (Lipinski definition) is 1. The van der Waals surface area contributed by atoms with Gasteiger partial charge >= 0.3 is 0 Å². The van der Waals surface area contributed by atoms with E-state index in [2.05, 4.69) is 6.92 Å². The number of methoxy groups -OCH3 is 1. The molecular weight excluding hydrogens is 179 g/mol. The molecule has 0 fully saturated rings. The third-order valence-corrected chi connectivity index (χ3v) is 2.95. The predicted octanol–water partition coefficient (Wildman–Crippen LogP) is 2.96. The molecule has 1 aliphatic rings. The molecule has 1 aromatic rings. The Morgan fingerprint density at radius 1 is 1.36 bits per heavy atom. The zero-order valence-electron chi connectivity index (χ0n) is 8.64. The first-order valence-corrected chi connectivity index (χ1v) is 5.06. The van der Waals surface area contributed by atoms with Gasteiger partial charge in [-0.25, -0.2) is 4.39 Å². The van der Waals surface area contributed by atoms with Crippen LogP contribution in [0.25, 0.3) is 0 Å². The molecule has 1 aromatic carbocycles. The molecule has 1 nitrogen and oxygen atoms in total. The Labute approximate surface area is 83.9 Å². The molecule has 2 rings (SSSR count). The van der Waals surface area contributed by atoms with Crippen molar-refractivity contribution < 1.29 is 9.13 Å². The topological polar surface area (TPSA) is 9.23 Å². The van der Waals surface area contributed by atoms with Crippen LogP contribution in [-0.2, 0) is 12.8 Å². The van der Waals surface area contributed by atoms with Gasteiger partial charge in [-0.2, -0.15) is 0 Å². The van der Waals surface area contributed by atoms with Crippen molar-refractivity contribution in [3.8, 4) is 5.75 Å². The van der Waals surface area contributed by atoms with Gasteiger partial charge in [-0.1, -0.05) is 6.92 Å². The molecule has 0 saturated carbocycles. The maximum absolute atomic E-state index is 13.4. The van der Waals surface area contributed by atoms with E-state index in [-0.39, 0.29) is 5.82 Å². The molecule has 0 amide bonds. The number of ether oxygens (including phenoxy) is 1. The second kappa shape index (κ2) is 3.60. The summed E-state index contributed by atoms with van der Waals surface area (Å²) in [5, 5.41) is 0. The second-order valence-electron chi connectivity index (χ2n) is 4.10. The summed E-state index contributed by atoms with van der Waals surface area (Å²) in [5.41, 5.74) is 2.41. The van der Waals surface area contributed by atoms with E-state index < -0.39 is 0 Å². The van der Waals surface area contributed by atoms with Crippen LogP contribution < -0.4 is 4.74 Å². The average Bonchev–Trinajstić information content (AvgIpc) is 2.17. The summed E-state index contributed by atoms with van der Waals surface area (Å²) < 4.78 is 18.3.